The van der Waals surface area contributed by atoms with Crippen LogP contribution in [0.4, 0.5) is 0 Å². The van der Waals surface area contributed by atoms with Crippen LogP contribution in [0.25, 0.3) is 11.3 Å². The first kappa shape index (κ1) is 21.0. The highest BCUT2D eigenvalue weighted by molar-refractivity contribution is 5.96. The molecule has 160 valence electrons. The highest BCUT2D eigenvalue weighted by atomic mass is 16.5. The van der Waals surface area contributed by atoms with Crippen molar-refractivity contribution in [2.75, 3.05) is 19.8 Å². The summed E-state index contributed by atoms with van der Waals surface area (Å²) in [6, 6.07) is 18.8. The Hall–Kier alpha value is -3.25. The number of nitrogens with zero attached hydrogens (tertiary/aromatic N) is 2. The van der Waals surface area contributed by atoms with Crippen LogP contribution in [0.2, 0.25) is 0 Å². The van der Waals surface area contributed by atoms with Gasteiger partial charge in [0.05, 0.1) is 25.5 Å². The number of hydrogen-bond donors (Lipinski definition) is 0. The zero-order valence-corrected chi connectivity index (χ0v) is 17.4. The van der Waals surface area contributed by atoms with E-state index in [0.29, 0.717) is 50.5 Å². The lowest BCUT2D eigenvalue weighted by Gasteiger charge is -2.35. The second kappa shape index (κ2) is 10.2. The van der Waals surface area contributed by atoms with Gasteiger partial charge in [0.25, 0.3) is 0 Å². The van der Waals surface area contributed by atoms with Crippen molar-refractivity contribution >= 4 is 11.7 Å². The van der Waals surface area contributed by atoms with Crippen LogP contribution in [0.5, 0.6) is 0 Å². The number of oxazole rings is 1. The summed E-state index contributed by atoms with van der Waals surface area (Å²) in [7, 11) is 0. The minimum atomic E-state index is -0.222. The van der Waals surface area contributed by atoms with Crippen molar-refractivity contribution in [3.05, 3.63) is 78.3 Å². The summed E-state index contributed by atoms with van der Waals surface area (Å²) in [5.74, 6) is 1.44. The molecule has 2 heterocycles. The summed E-state index contributed by atoms with van der Waals surface area (Å²) in [4.78, 5) is 31.6. The molecule has 1 amide bonds. The number of hydrogen-bond acceptors (Lipinski definition) is 5. The Morgan fingerprint density at radius 1 is 1.03 bits per heavy atom. The second-order valence-corrected chi connectivity index (χ2v) is 7.65. The summed E-state index contributed by atoms with van der Waals surface area (Å²) < 4.78 is 11.4. The molecule has 1 aliphatic heterocycles. The molecular formula is C25H26N2O4. The topological polar surface area (TPSA) is 72.6 Å². The van der Waals surface area contributed by atoms with E-state index < -0.39 is 0 Å². The molecule has 1 aromatic heterocycles. The fourth-order valence-corrected chi connectivity index (χ4v) is 3.80. The van der Waals surface area contributed by atoms with Gasteiger partial charge in [0.2, 0.25) is 5.91 Å². The molecule has 0 N–H and O–H groups in total. The molecule has 0 bridgehead atoms. The predicted octanol–water partition coefficient (Wildman–Crippen LogP) is 4.16. The van der Waals surface area contributed by atoms with Crippen molar-refractivity contribution in [2.24, 2.45) is 0 Å². The van der Waals surface area contributed by atoms with E-state index in [1.807, 2.05) is 48.5 Å². The van der Waals surface area contributed by atoms with Crippen LogP contribution in [-0.2, 0) is 16.0 Å². The number of ether oxygens (including phenoxy) is 1. The summed E-state index contributed by atoms with van der Waals surface area (Å²) in [6.07, 6.45) is 3.62. The molecule has 0 aliphatic carbocycles. The first-order valence-corrected chi connectivity index (χ1v) is 10.7. The summed E-state index contributed by atoms with van der Waals surface area (Å²) >= 11 is 0. The van der Waals surface area contributed by atoms with Crippen LogP contribution in [0.15, 0.2) is 71.3 Å². The van der Waals surface area contributed by atoms with E-state index in [9.17, 15) is 9.59 Å². The molecule has 0 spiro atoms. The maximum atomic E-state index is 12.9. The number of amides is 1. The third-order valence-electron chi connectivity index (χ3n) is 5.46. The lowest BCUT2D eigenvalue weighted by molar-refractivity contribution is -0.139. The molecule has 2 aromatic carbocycles. The Balaban J connectivity index is 1.30. The Labute approximate surface area is 181 Å². The molecule has 0 saturated carbocycles. The van der Waals surface area contributed by atoms with E-state index in [0.717, 1.165) is 11.3 Å². The van der Waals surface area contributed by atoms with Gasteiger partial charge in [0, 0.05) is 36.9 Å². The van der Waals surface area contributed by atoms with Crippen LogP contribution in [-0.4, -0.2) is 47.4 Å². The predicted molar refractivity (Wildman–Crippen MR) is 117 cm³/mol. The third kappa shape index (κ3) is 5.47. The number of aryl methyl sites for hydroxylation is 1. The Kier molecular flexibility index (Phi) is 6.89. The van der Waals surface area contributed by atoms with E-state index in [2.05, 4.69) is 4.98 Å². The van der Waals surface area contributed by atoms with Crippen molar-refractivity contribution in [3.63, 3.8) is 0 Å². The van der Waals surface area contributed by atoms with Gasteiger partial charge in [-0.15, -0.1) is 0 Å². The van der Waals surface area contributed by atoms with Crippen LogP contribution in [0.1, 0.15) is 35.5 Å². The highest BCUT2D eigenvalue weighted by Crippen LogP contribution is 2.21. The highest BCUT2D eigenvalue weighted by Gasteiger charge is 2.29. The van der Waals surface area contributed by atoms with Gasteiger partial charge in [-0.2, -0.15) is 0 Å². The molecule has 3 aromatic rings. The molecular weight excluding hydrogens is 392 g/mol. The standard InChI is InChI=1S/C25H26N2O4/c28-22(19-8-3-1-4-9-19)16-21-18-30-15-14-27(21)25(29)13-7-12-24-26-17-23(31-24)20-10-5-2-6-11-20/h1-6,8-11,17,21H,7,12-16,18H2. The molecule has 1 aliphatic rings. The van der Waals surface area contributed by atoms with Gasteiger partial charge in [-0.25, -0.2) is 4.98 Å². The van der Waals surface area contributed by atoms with Gasteiger partial charge in [0.15, 0.2) is 17.4 Å². The summed E-state index contributed by atoms with van der Waals surface area (Å²) in [5, 5.41) is 0. The molecule has 1 unspecified atom stereocenters. The van der Waals surface area contributed by atoms with E-state index in [-0.39, 0.29) is 24.2 Å². The van der Waals surface area contributed by atoms with Crippen molar-refractivity contribution in [1.82, 2.24) is 9.88 Å². The third-order valence-corrected chi connectivity index (χ3v) is 5.46. The maximum Gasteiger partial charge on any atom is 0.223 e. The average molecular weight is 418 g/mol. The van der Waals surface area contributed by atoms with Gasteiger partial charge < -0.3 is 14.1 Å². The maximum absolute atomic E-state index is 12.9. The number of benzene rings is 2. The Morgan fingerprint density at radius 2 is 1.77 bits per heavy atom. The Morgan fingerprint density at radius 3 is 2.55 bits per heavy atom. The first-order valence-electron chi connectivity index (χ1n) is 10.7. The smallest absolute Gasteiger partial charge is 0.223 e. The molecule has 6 nitrogen and oxygen atoms in total. The number of carbonyl (C=O) groups is 2. The molecule has 1 atom stereocenters. The normalized spacial score (nSPS) is 16.3. The fourth-order valence-electron chi connectivity index (χ4n) is 3.80. The lowest BCUT2D eigenvalue weighted by atomic mass is 10.0. The van der Waals surface area contributed by atoms with Crippen molar-refractivity contribution in [3.8, 4) is 11.3 Å². The SMILES string of the molecule is O=C(CC1COCCN1C(=O)CCCc1ncc(-c2ccccc2)o1)c1ccccc1. The van der Waals surface area contributed by atoms with Crippen molar-refractivity contribution < 1.29 is 18.7 Å². The number of aromatic nitrogens is 1. The molecule has 0 radical (unpaired) electrons. The second-order valence-electron chi connectivity index (χ2n) is 7.65. The van der Waals surface area contributed by atoms with Gasteiger partial charge in [-0.05, 0) is 6.42 Å². The monoisotopic (exact) mass is 418 g/mol. The number of ketones is 1. The summed E-state index contributed by atoms with van der Waals surface area (Å²) in [6.45, 7) is 1.41. The number of carbonyl (C=O) groups excluding carboxylic acids is 2. The van der Waals surface area contributed by atoms with E-state index >= 15 is 0 Å². The number of Topliss-reactive ketones (excluding diaryl/α,β-unsaturated/α-hetero) is 1. The van der Waals surface area contributed by atoms with Gasteiger partial charge >= 0.3 is 0 Å². The van der Waals surface area contributed by atoms with E-state index in [1.165, 1.54) is 0 Å². The quantitative estimate of drug-likeness (QED) is 0.514. The van der Waals surface area contributed by atoms with Crippen molar-refractivity contribution in [1.29, 1.82) is 0 Å². The minimum Gasteiger partial charge on any atom is -0.441 e. The minimum absolute atomic E-state index is 0.0297. The van der Waals surface area contributed by atoms with Gasteiger partial charge in [0.1, 0.15) is 0 Å². The largest absolute Gasteiger partial charge is 0.441 e. The summed E-state index contributed by atoms with van der Waals surface area (Å²) in [5.41, 5.74) is 1.65. The van der Waals surface area contributed by atoms with Crippen LogP contribution in [0, 0.1) is 0 Å². The van der Waals surface area contributed by atoms with Crippen LogP contribution >= 0.6 is 0 Å². The van der Waals surface area contributed by atoms with Crippen LogP contribution < -0.4 is 0 Å². The van der Waals surface area contributed by atoms with Gasteiger partial charge in [-0.1, -0.05) is 60.7 Å². The molecule has 6 heteroatoms. The zero-order chi connectivity index (χ0) is 21.5. The van der Waals surface area contributed by atoms with E-state index in [4.69, 9.17) is 9.15 Å². The molecule has 1 saturated heterocycles. The number of morpholine rings is 1. The Bertz CT molecular complexity index is 1000. The van der Waals surface area contributed by atoms with E-state index in [1.54, 1.807) is 23.2 Å². The average Bonchev–Trinajstić information content (AvgIpc) is 3.29. The fraction of sp³-hybridized carbons (Fsp3) is 0.320. The first-order chi connectivity index (χ1) is 15.2. The van der Waals surface area contributed by atoms with Crippen LogP contribution in [0.3, 0.4) is 0 Å². The molecule has 4 rings (SSSR count). The zero-order valence-electron chi connectivity index (χ0n) is 17.4. The lowest BCUT2D eigenvalue weighted by Crippen LogP contribution is -2.49. The number of rotatable bonds is 8. The van der Waals surface area contributed by atoms with Gasteiger partial charge in [-0.3, -0.25) is 9.59 Å². The van der Waals surface area contributed by atoms with Crippen molar-refractivity contribution in [2.45, 2.75) is 31.7 Å². The molecule has 1 fully saturated rings. The molecule has 31 heavy (non-hydrogen) atoms.